The van der Waals surface area contributed by atoms with Gasteiger partial charge in [0.05, 0.1) is 0 Å². The van der Waals surface area contributed by atoms with Crippen molar-refractivity contribution in [2.75, 3.05) is 11.4 Å². The lowest BCUT2D eigenvalue weighted by molar-refractivity contribution is 0.0687. The number of ketones is 1. The van der Waals surface area contributed by atoms with E-state index in [2.05, 4.69) is 18.8 Å². The zero-order valence-corrected chi connectivity index (χ0v) is 11.9. The van der Waals surface area contributed by atoms with Crippen LogP contribution in [0.25, 0.3) is 0 Å². The van der Waals surface area contributed by atoms with E-state index in [0.29, 0.717) is 5.13 Å². The number of carbonyl (C=O) groups excluding carboxylic acids is 1. The van der Waals surface area contributed by atoms with Crippen molar-refractivity contribution < 1.29 is 14.7 Å². The summed E-state index contributed by atoms with van der Waals surface area (Å²) in [5.74, 6) is -1.40. The van der Waals surface area contributed by atoms with Crippen molar-refractivity contribution in [2.24, 2.45) is 0 Å². The van der Waals surface area contributed by atoms with Gasteiger partial charge in [0.1, 0.15) is 4.88 Å². The fraction of sp³-hybridized carbons (Fsp3) is 0.583. The van der Waals surface area contributed by atoms with Crippen molar-refractivity contribution in [3.63, 3.8) is 0 Å². The van der Waals surface area contributed by atoms with Gasteiger partial charge in [0, 0.05) is 19.5 Å². The largest absolute Gasteiger partial charge is 0.476 e. The molecule has 1 N–H and O–H groups in total. The number of carboxylic acids is 1. The Kier molecular flexibility index (Phi) is 4.84. The lowest BCUT2D eigenvalue weighted by Crippen LogP contribution is -2.32. The van der Waals surface area contributed by atoms with Crippen LogP contribution in [0.3, 0.4) is 0 Å². The molecule has 1 heterocycles. The molecule has 0 spiro atoms. The van der Waals surface area contributed by atoms with Crippen LogP contribution in [0, 0.1) is 0 Å². The van der Waals surface area contributed by atoms with Crippen LogP contribution in [0.1, 0.15) is 54.3 Å². The number of Topliss-reactive ketones (excluding diaryl/α,β-unsaturated/α-hetero) is 1. The monoisotopic (exact) mass is 270 g/mol. The quantitative estimate of drug-likeness (QED) is 0.805. The molecule has 1 aromatic rings. The Labute approximate surface area is 110 Å². The van der Waals surface area contributed by atoms with E-state index in [4.69, 9.17) is 5.11 Å². The first-order valence-electron chi connectivity index (χ1n) is 5.94. The van der Waals surface area contributed by atoms with Gasteiger partial charge in [0.15, 0.2) is 16.6 Å². The second kappa shape index (κ2) is 5.95. The highest BCUT2D eigenvalue weighted by atomic mass is 32.1. The molecule has 0 aliphatic carbocycles. The molecule has 0 saturated heterocycles. The summed E-state index contributed by atoms with van der Waals surface area (Å²) in [6.07, 6.45) is 0.936. The average molecular weight is 270 g/mol. The molecule has 0 amide bonds. The first kappa shape index (κ1) is 14.6. The number of nitrogens with zero attached hydrogens (tertiary/aromatic N) is 2. The third-order valence-electron chi connectivity index (χ3n) is 2.85. The third kappa shape index (κ3) is 2.87. The minimum atomic E-state index is -1.15. The Balaban J connectivity index is 3.21. The molecule has 1 unspecified atom stereocenters. The SMILES string of the molecule is CCC(C)N(CC)c1nc(C(=O)O)c(C(C)=O)s1. The van der Waals surface area contributed by atoms with Gasteiger partial charge in [-0.1, -0.05) is 18.3 Å². The Morgan fingerprint density at radius 1 is 1.44 bits per heavy atom. The van der Waals surface area contributed by atoms with Gasteiger partial charge < -0.3 is 10.0 Å². The molecule has 1 aromatic heterocycles. The molecule has 1 atom stereocenters. The van der Waals surface area contributed by atoms with Gasteiger partial charge in [-0.05, 0) is 20.3 Å². The zero-order chi connectivity index (χ0) is 13.9. The maximum atomic E-state index is 11.4. The second-order valence-corrected chi connectivity index (χ2v) is 5.06. The van der Waals surface area contributed by atoms with E-state index in [1.807, 2.05) is 11.8 Å². The molecule has 0 bridgehead atoms. The molecular formula is C12H18N2O3S. The van der Waals surface area contributed by atoms with Gasteiger partial charge in [-0.15, -0.1) is 0 Å². The number of hydrogen-bond acceptors (Lipinski definition) is 5. The van der Waals surface area contributed by atoms with E-state index in [-0.39, 0.29) is 22.4 Å². The summed E-state index contributed by atoms with van der Waals surface area (Å²) in [5.41, 5.74) is -0.135. The average Bonchev–Trinajstić information content (AvgIpc) is 2.74. The van der Waals surface area contributed by atoms with Crippen molar-refractivity contribution in [3.05, 3.63) is 10.6 Å². The summed E-state index contributed by atoms with van der Waals surface area (Å²) in [5, 5.41) is 9.66. The highest BCUT2D eigenvalue weighted by Gasteiger charge is 2.24. The highest BCUT2D eigenvalue weighted by Crippen LogP contribution is 2.28. The van der Waals surface area contributed by atoms with E-state index in [1.165, 1.54) is 6.92 Å². The predicted octanol–water partition coefficient (Wildman–Crippen LogP) is 2.67. The van der Waals surface area contributed by atoms with E-state index >= 15 is 0 Å². The maximum absolute atomic E-state index is 11.4. The normalized spacial score (nSPS) is 12.2. The molecule has 0 aliphatic rings. The van der Waals surface area contributed by atoms with Crippen molar-refractivity contribution in [3.8, 4) is 0 Å². The number of hydrogen-bond donors (Lipinski definition) is 1. The van der Waals surface area contributed by atoms with Crippen LogP contribution < -0.4 is 4.90 Å². The number of anilines is 1. The lowest BCUT2D eigenvalue weighted by atomic mass is 10.2. The summed E-state index contributed by atoms with van der Waals surface area (Å²) in [6.45, 7) is 8.20. The van der Waals surface area contributed by atoms with Gasteiger partial charge in [0.2, 0.25) is 0 Å². The molecule has 0 fully saturated rings. The molecule has 6 heteroatoms. The van der Waals surface area contributed by atoms with Gasteiger partial charge >= 0.3 is 5.97 Å². The summed E-state index contributed by atoms with van der Waals surface area (Å²) >= 11 is 1.16. The van der Waals surface area contributed by atoms with Crippen LogP contribution in [0.2, 0.25) is 0 Å². The molecule has 100 valence electrons. The van der Waals surface area contributed by atoms with Crippen molar-refractivity contribution in [2.45, 2.75) is 40.2 Å². The van der Waals surface area contributed by atoms with Crippen molar-refractivity contribution in [1.82, 2.24) is 4.98 Å². The molecule has 0 radical (unpaired) electrons. The topological polar surface area (TPSA) is 70.5 Å². The van der Waals surface area contributed by atoms with Crippen molar-refractivity contribution >= 4 is 28.2 Å². The maximum Gasteiger partial charge on any atom is 0.356 e. The number of thiazole rings is 1. The van der Waals surface area contributed by atoms with Crippen LogP contribution in [0.5, 0.6) is 0 Å². The van der Waals surface area contributed by atoms with Crippen LogP contribution in [-0.2, 0) is 0 Å². The Morgan fingerprint density at radius 3 is 2.39 bits per heavy atom. The zero-order valence-electron chi connectivity index (χ0n) is 11.1. The number of carbonyl (C=O) groups is 2. The molecule has 1 rings (SSSR count). The van der Waals surface area contributed by atoms with E-state index < -0.39 is 5.97 Å². The Bertz CT molecular complexity index is 425. The van der Waals surface area contributed by atoms with Crippen LogP contribution in [-0.4, -0.2) is 34.4 Å². The number of aromatic carboxylic acids is 1. The van der Waals surface area contributed by atoms with Gasteiger partial charge in [-0.25, -0.2) is 9.78 Å². The third-order valence-corrected chi connectivity index (χ3v) is 4.04. The number of rotatable bonds is 6. The predicted molar refractivity (Wildman–Crippen MR) is 71.9 cm³/mol. The minimum absolute atomic E-state index is 0.135. The number of carboxylic acid groups (broad SMARTS) is 1. The summed E-state index contributed by atoms with van der Waals surface area (Å²) in [6, 6.07) is 0.266. The first-order valence-corrected chi connectivity index (χ1v) is 6.75. The van der Waals surface area contributed by atoms with Gasteiger partial charge in [0.25, 0.3) is 0 Å². The highest BCUT2D eigenvalue weighted by molar-refractivity contribution is 7.17. The summed E-state index contributed by atoms with van der Waals surface area (Å²) in [4.78, 5) is 28.8. The van der Waals surface area contributed by atoms with E-state index in [1.54, 1.807) is 0 Å². The fourth-order valence-corrected chi connectivity index (χ4v) is 2.79. The molecule has 18 heavy (non-hydrogen) atoms. The Morgan fingerprint density at radius 2 is 2.06 bits per heavy atom. The minimum Gasteiger partial charge on any atom is -0.476 e. The molecule has 0 aliphatic heterocycles. The molecule has 0 aromatic carbocycles. The molecular weight excluding hydrogens is 252 g/mol. The van der Waals surface area contributed by atoms with E-state index in [0.717, 1.165) is 24.3 Å². The summed E-state index contributed by atoms with van der Waals surface area (Å²) < 4.78 is 0. The first-order chi connectivity index (χ1) is 8.42. The van der Waals surface area contributed by atoms with Crippen LogP contribution in [0.15, 0.2) is 0 Å². The lowest BCUT2D eigenvalue weighted by Gasteiger charge is -2.26. The van der Waals surface area contributed by atoms with Crippen LogP contribution in [0.4, 0.5) is 5.13 Å². The van der Waals surface area contributed by atoms with Crippen LogP contribution >= 0.6 is 11.3 Å². The standard InChI is InChI=1S/C12H18N2O3S/c1-5-7(3)14(6-2)12-13-9(11(16)17)10(18-12)8(4)15/h7H,5-6H2,1-4H3,(H,16,17). The smallest absolute Gasteiger partial charge is 0.356 e. The van der Waals surface area contributed by atoms with Gasteiger partial charge in [-0.3, -0.25) is 4.79 Å². The molecule has 0 saturated carbocycles. The van der Waals surface area contributed by atoms with E-state index in [9.17, 15) is 9.59 Å². The van der Waals surface area contributed by atoms with Gasteiger partial charge in [-0.2, -0.15) is 0 Å². The molecule has 5 nitrogen and oxygen atoms in total. The number of aromatic nitrogens is 1. The Hall–Kier alpha value is -1.43. The van der Waals surface area contributed by atoms with Crippen molar-refractivity contribution in [1.29, 1.82) is 0 Å². The summed E-state index contributed by atoms with van der Waals surface area (Å²) in [7, 11) is 0. The second-order valence-electron chi connectivity index (χ2n) is 4.08. The fourth-order valence-electron chi connectivity index (χ4n) is 1.67.